The molecule has 1 aliphatic heterocycles. The molecule has 0 amide bonds. The third-order valence-electron chi connectivity index (χ3n) is 3.67. The van der Waals surface area contributed by atoms with Gasteiger partial charge < -0.3 is 4.90 Å². The van der Waals surface area contributed by atoms with Gasteiger partial charge in [0.05, 0.1) is 11.2 Å². The van der Waals surface area contributed by atoms with Crippen LogP contribution in [0.2, 0.25) is 0 Å². The molecule has 0 aliphatic carbocycles. The highest BCUT2D eigenvalue weighted by atomic mass is 32.1. The zero-order valence-electron chi connectivity index (χ0n) is 12.3. The first-order chi connectivity index (χ1) is 11.0. The van der Waals surface area contributed by atoms with Crippen LogP contribution in [0.15, 0.2) is 23.2 Å². The molecule has 2 aromatic rings. The van der Waals surface area contributed by atoms with Gasteiger partial charge in [0.1, 0.15) is 5.69 Å². The predicted octanol–water partition coefficient (Wildman–Crippen LogP) is 2.66. The summed E-state index contributed by atoms with van der Waals surface area (Å²) in [5, 5.41) is 2.01. The lowest BCUT2D eigenvalue weighted by Crippen LogP contribution is -2.32. The van der Waals surface area contributed by atoms with E-state index >= 15 is 0 Å². The second kappa shape index (κ2) is 6.79. The van der Waals surface area contributed by atoms with Crippen molar-refractivity contribution in [1.82, 2.24) is 19.9 Å². The highest BCUT2D eigenvalue weighted by molar-refractivity contribution is 7.07. The Balaban J connectivity index is 1.66. The van der Waals surface area contributed by atoms with E-state index in [1.54, 1.807) is 16.8 Å². The predicted molar refractivity (Wildman–Crippen MR) is 81.3 cm³/mol. The number of nitrogens with zero attached hydrogens (tertiary/aromatic N) is 5. The van der Waals surface area contributed by atoms with Gasteiger partial charge >= 0.3 is 6.18 Å². The second-order valence-corrected chi connectivity index (χ2v) is 6.05. The van der Waals surface area contributed by atoms with E-state index in [1.165, 1.54) is 6.20 Å². The monoisotopic (exact) mass is 343 g/mol. The minimum absolute atomic E-state index is 0.148. The van der Waals surface area contributed by atoms with Crippen molar-refractivity contribution in [3.05, 3.63) is 34.5 Å². The normalized spacial score (nSPS) is 17.3. The maximum absolute atomic E-state index is 12.8. The summed E-state index contributed by atoms with van der Waals surface area (Å²) in [7, 11) is 0. The van der Waals surface area contributed by atoms with Crippen LogP contribution in [0.1, 0.15) is 17.8 Å². The standard InChI is InChI=1S/C14H16F3N5S/c15-14(16,17)12-2-3-18-13(20-12)22-5-1-4-21(6-7-22)8-11-9-23-10-19-11/h2-3,9-10H,1,4-8H2. The van der Waals surface area contributed by atoms with Gasteiger partial charge in [-0.15, -0.1) is 11.3 Å². The van der Waals surface area contributed by atoms with E-state index in [2.05, 4.69) is 19.9 Å². The fourth-order valence-corrected chi connectivity index (χ4v) is 3.08. The van der Waals surface area contributed by atoms with Crippen molar-refractivity contribution in [1.29, 1.82) is 0 Å². The van der Waals surface area contributed by atoms with Gasteiger partial charge in [-0.25, -0.2) is 15.0 Å². The Kier molecular flexibility index (Phi) is 4.76. The summed E-state index contributed by atoms with van der Waals surface area (Å²) in [6, 6.07) is 0.899. The number of thiazole rings is 1. The van der Waals surface area contributed by atoms with Crippen LogP contribution in [0.4, 0.5) is 19.1 Å². The topological polar surface area (TPSA) is 45.2 Å². The molecule has 0 aromatic carbocycles. The van der Waals surface area contributed by atoms with Crippen molar-refractivity contribution in [2.45, 2.75) is 19.1 Å². The molecule has 0 unspecified atom stereocenters. The highest BCUT2D eigenvalue weighted by Gasteiger charge is 2.33. The quantitative estimate of drug-likeness (QED) is 0.857. The first kappa shape index (κ1) is 16.1. The van der Waals surface area contributed by atoms with Crippen molar-refractivity contribution in [2.24, 2.45) is 0 Å². The molecule has 1 saturated heterocycles. The fourth-order valence-electron chi connectivity index (χ4n) is 2.53. The van der Waals surface area contributed by atoms with E-state index in [9.17, 15) is 13.2 Å². The van der Waals surface area contributed by atoms with Gasteiger partial charge in [0.2, 0.25) is 5.95 Å². The van der Waals surface area contributed by atoms with Gasteiger partial charge in [0.25, 0.3) is 0 Å². The molecule has 0 bridgehead atoms. The Bertz CT molecular complexity index is 632. The Morgan fingerprint density at radius 2 is 2.00 bits per heavy atom. The third kappa shape index (κ3) is 4.17. The Morgan fingerprint density at radius 1 is 1.13 bits per heavy atom. The van der Waals surface area contributed by atoms with Gasteiger partial charge in [0, 0.05) is 44.3 Å². The molecule has 2 aromatic heterocycles. The molecular formula is C14H16F3N5S. The van der Waals surface area contributed by atoms with Crippen molar-refractivity contribution >= 4 is 17.3 Å². The lowest BCUT2D eigenvalue weighted by Gasteiger charge is -2.22. The molecule has 23 heavy (non-hydrogen) atoms. The minimum Gasteiger partial charge on any atom is -0.339 e. The Labute approximate surface area is 135 Å². The first-order valence-electron chi connectivity index (χ1n) is 7.27. The summed E-state index contributed by atoms with van der Waals surface area (Å²) in [5.41, 5.74) is 1.93. The molecule has 3 heterocycles. The zero-order valence-corrected chi connectivity index (χ0v) is 13.1. The average molecular weight is 343 g/mol. The summed E-state index contributed by atoms with van der Waals surface area (Å²) < 4.78 is 38.3. The van der Waals surface area contributed by atoms with Crippen molar-refractivity contribution in [3.8, 4) is 0 Å². The van der Waals surface area contributed by atoms with Gasteiger partial charge in [-0.2, -0.15) is 13.2 Å². The van der Waals surface area contributed by atoms with Crippen LogP contribution >= 0.6 is 11.3 Å². The van der Waals surface area contributed by atoms with Crippen LogP contribution in [0.5, 0.6) is 0 Å². The van der Waals surface area contributed by atoms with Crippen LogP contribution < -0.4 is 4.90 Å². The molecule has 9 heteroatoms. The van der Waals surface area contributed by atoms with Crippen molar-refractivity contribution in [3.63, 3.8) is 0 Å². The number of halogens is 3. The van der Waals surface area contributed by atoms with Gasteiger partial charge in [-0.3, -0.25) is 4.90 Å². The van der Waals surface area contributed by atoms with Gasteiger partial charge in [-0.05, 0) is 12.5 Å². The molecule has 0 radical (unpaired) electrons. The molecule has 5 nitrogen and oxygen atoms in total. The van der Waals surface area contributed by atoms with Crippen LogP contribution in [0.25, 0.3) is 0 Å². The van der Waals surface area contributed by atoms with Gasteiger partial charge in [0.15, 0.2) is 0 Å². The third-order valence-corrected chi connectivity index (χ3v) is 4.31. The van der Waals surface area contributed by atoms with E-state index in [0.29, 0.717) is 13.1 Å². The lowest BCUT2D eigenvalue weighted by molar-refractivity contribution is -0.141. The molecule has 0 N–H and O–H groups in total. The number of alkyl halides is 3. The van der Waals surface area contributed by atoms with E-state index in [1.807, 2.05) is 10.3 Å². The molecule has 1 fully saturated rings. The van der Waals surface area contributed by atoms with E-state index in [4.69, 9.17) is 0 Å². The smallest absolute Gasteiger partial charge is 0.339 e. The van der Waals surface area contributed by atoms with E-state index in [-0.39, 0.29) is 5.95 Å². The minimum atomic E-state index is -4.44. The average Bonchev–Trinajstić information content (AvgIpc) is 2.91. The number of hydrogen-bond donors (Lipinski definition) is 0. The Hall–Kier alpha value is -1.74. The second-order valence-electron chi connectivity index (χ2n) is 5.34. The molecule has 3 rings (SSSR count). The van der Waals surface area contributed by atoms with Gasteiger partial charge in [-0.1, -0.05) is 0 Å². The summed E-state index contributed by atoms with van der Waals surface area (Å²) in [6.07, 6.45) is -2.42. The lowest BCUT2D eigenvalue weighted by atomic mass is 10.3. The number of anilines is 1. The number of hydrogen-bond acceptors (Lipinski definition) is 6. The molecule has 1 aliphatic rings. The SMILES string of the molecule is FC(F)(F)c1ccnc(N2CCCN(Cc3cscn3)CC2)n1. The largest absolute Gasteiger partial charge is 0.433 e. The van der Waals surface area contributed by atoms with Crippen molar-refractivity contribution < 1.29 is 13.2 Å². The number of aromatic nitrogens is 3. The summed E-state index contributed by atoms with van der Waals surface area (Å²) in [6.45, 7) is 3.64. The van der Waals surface area contributed by atoms with Crippen LogP contribution in [-0.2, 0) is 12.7 Å². The van der Waals surface area contributed by atoms with Crippen LogP contribution in [0, 0.1) is 0 Å². The van der Waals surface area contributed by atoms with Crippen LogP contribution in [0.3, 0.4) is 0 Å². The van der Waals surface area contributed by atoms with E-state index in [0.717, 1.165) is 37.8 Å². The Morgan fingerprint density at radius 3 is 2.74 bits per heavy atom. The molecular weight excluding hydrogens is 327 g/mol. The van der Waals surface area contributed by atoms with Crippen LogP contribution in [-0.4, -0.2) is 46.0 Å². The van der Waals surface area contributed by atoms with Crippen molar-refractivity contribution in [2.75, 3.05) is 31.1 Å². The summed E-state index contributed by atoms with van der Waals surface area (Å²) in [5.74, 6) is 0.148. The molecule has 0 atom stereocenters. The zero-order chi connectivity index (χ0) is 16.3. The highest BCUT2D eigenvalue weighted by Crippen LogP contribution is 2.28. The summed E-state index contributed by atoms with van der Waals surface area (Å²) in [4.78, 5) is 16.0. The molecule has 124 valence electrons. The summed E-state index contributed by atoms with van der Waals surface area (Å²) >= 11 is 1.56. The first-order valence-corrected chi connectivity index (χ1v) is 8.21. The fraction of sp³-hybridized carbons (Fsp3) is 0.500. The maximum Gasteiger partial charge on any atom is 0.433 e. The maximum atomic E-state index is 12.8. The number of rotatable bonds is 3. The van der Waals surface area contributed by atoms with E-state index < -0.39 is 11.9 Å². The molecule has 0 spiro atoms. The molecule has 0 saturated carbocycles.